The van der Waals surface area contributed by atoms with E-state index in [0.717, 1.165) is 18.7 Å². The van der Waals surface area contributed by atoms with Gasteiger partial charge in [0.15, 0.2) is 11.5 Å². The minimum Gasteiger partial charge on any atom is -0.481 e. The highest BCUT2D eigenvalue weighted by atomic mass is 35.5. The number of hydrogen-bond acceptors (Lipinski definition) is 5. The van der Waals surface area contributed by atoms with Crippen LogP contribution in [0.15, 0.2) is 24.3 Å². The summed E-state index contributed by atoms with van der Waals surface area (Å²) in [4.78, 5) is 44.4. The fourth-order valence-corrected chi connectivity index (χ4v) is 4.41. The monoisotopic (exact) mass is 504 g/mol. The van der Waals surface area contributed by atoms with Crippen molar-refractivity contribution < 1.29 is 24.2 Å². The van der Waals surface area contributed by atoms with E-state index in [1.165, 1.54) is 4.90 Å². The lowest BCUT2D eigenvalue weighted by molar-refractivity contribution is -0.151. The number of carbonyl (C=O) groups is 3. The molecule has 2 heterocycles. The Bertz CT molecular complexity index is 1110. The molecule has 2 unspecified atom stereocenters. The molecular weight excluding hydrogens is 472 g/mol. The second-order valence-corrected chi connectivity index (χ2v) is 10.2. The summed E-state index contributed by atoms with van der Waals surface area (Å²) in [6, 6.07) is 6.57. The first-order valence-corrected chi connectivity index (χ1v) is 12.1. The Balaban J connectivity index is 1.88. The number of amides is 2. The number of hydrogen-bond donors (Lipinski definition) is 2. The van der Waals surface area contributed by atoms with Crippen molar-refractivity contribution in [3.05, 3.63) is 46.4 Å². The standard InChI is InChI=1S/C25H33ClN4O5/c1-15(35-25(2,3)4)18(24(33)34)14-27-22(31)20-21(28-19-11-6-7-12-30(19)20)29(5)23(32)16-9-8-10-17(26)13-16/h8-10,13,15,18H,6-7,11-12,14H2,1-5H3,(H,27,31)(H,33,34). The summed E-state index contributed by atoms with van der Waals surface area (Å²) in [5.41, 5.74) is 0.0839. The number of benzene rings is 1. The number of anilines is 1. The maximum Gasteiger partial charge on any atom is 0.310 e. The van der Waals surface area contributed by atoms with Gasteiger partial charge in [0.05, 0.1) is 17.6 Å². The third-order valence-corrected chi connectivity index (χ3v) is 6.11. The Morgan fingerprint density at radius 2 is 2.00 bits per heavy atom. The number of nitrogens with one attached hydrogen (secondary N) is 1. The van der Waals surface area contributed by atoms with E-state index in [9.17, 15) is 19.5 Å². The molecule has 0 saturated carbocycles. The molecule has 35 heavy (non-hydrogen) atoms. The number of carbonyl (C=O) groups excluding carboxylic acids is 2. The molecule has 0 saturated heterocycles. The van der Waals surface area contributed by atoms with Crippen LogP contribution in [0.3, 0.4) is 0 Å². The predicted molar refractivity (Wildman–Crippen MR) is 133 cm³/mol. The van der Waals surface area contributed by atoms with Crippen LogP contribution in [0.5, 0.6) is 0 Å². The van der Waals surface area contributed by atoms with Gasteiger partial charge in [-0.3, -0.25) is 19.3 Å². The minimum atomic E-state index is -1.06. The Kier molecular flexibility index (Phi) is 8.22. The molecule has 1 aliphatic heterocycles. The van der Waals surface area contributed by atoms with Crippen LogP contribution in [0.2, 0.25) is 5.02 Å². The first kappa shape index (κ1) is 26.7. The van der Waals surface area contributed by atoms with Gasteiger partial charge in [0.1, 0.15) is 5.82 Å². The van der Waals surface area contributed by atoms with Crippen molar-refractivity contribution in [2.24, 2.45) is 5.92 Å². The van der Waals surface area contributed by atoms with Gasteiger partial charge in [-0.05, 0) is 58.7 Å². The molecule has 1 aromatic carbocycles. The van der Waals surface area contributed by atoms with Gasteiger partial charge in [-0.15, -0.1) is 0 Å². The average molecular weight is 505 g/mol. The Hall–Kier alpha value is -2.91. The van der Waals surface area contributed by atoms with Gasteiger partial charge in [0.25, 0.3) is 11.8 Å². The second-order valence-electron chi connectivity index (χ2n) is 9.77. The molecule has 2 aromatic rings. The van der Waals surface area contributed by atoms with E-state index < -0.39 is 29.5 Å². The van der Waals surface area contributed by atoms with Crippen LogP contribution in [-0.4, -0.2) is 57.7 Å². The van der Waals surface area contributed by atoms with E-state index in [-0.39, 0.29) is 24.0 Å². The van der Waals surface area contributed by atoms with Crippen LogP contribution in [0.1, 0.15) is 67.2 Å². The number of fused-ring (bicyclic) bond motifs is 1. The molecule has 9 nitrogen and oxygen atoms in total. The largest absolute Gasteiger partial charge is 0.481 e. The normalized spacial score (nSPS) is 15.1. The molecule has 0 aliphatic carbocycles. The molecule has 0 spiro atoms. The lowest BCUT2D eigenvalue weighted by Gasteiger charge is -2.29. The number of aryl methyl sites for hydroxylation is 1. The summed E-state index contributed by atoms with van der Waals surface area (Å²) >= 11 is 6.05. The van der Waals surface area contributed by atoms with Crippen molar-refractivity contribution in [3.63, 3.8) is 0 Å². The summed E-state index contributed by atoms with van der Waals surface area (Å²) in [6.45, 7) is 7.68. The molecule has 2 atom stereocenters. The van der Waals surface area contributed by atoms with Crippen molar-refractivity contribution in [2.45, 2.75) is 65.2 Å². The van der Waals surface area contributed by atoms with Crippen LogP contribution >= 0.6 is 11.6 Å². The first-order chi connectivity index (χ1) is 16.4. The van der Waals surface area contributed by atoms with Crippen molar-refractivity contribution in [3.8, 4) is 0 Å². The molecule has 2 N–H and O–H groups in total. The van der Waals surface area contributed by atoms with E-state index in [1.54, 1.807) is 38.2 Å². The highest BCUT2D eigenvalue weighted by molar-refractivity contribution is 6.31. The number of rotatable bonds is 8. The topological polar surface area (TPSA) is 114 Å². The van der Waals surface area contributed by atoms with Crippen molar-refractivity contribution in [1.29, 1.82) is 0 Å². The molecule has 0 fully saturated rings. The fraction of sp³-hybridized carbons (Fsp3) is 0.520. The van der Waals surface area contributed by atoms with Crippen LogP contribution < -0.4 is 10.2 Å². The number of aromatic nitrogens is 2. The third kappa shape index (κ3) is 6.41. The van der Waals surface area contributed by atoms with Crippen LogP contribution in [0, 0.1) is 5.92 Å². The van der Waals surface area contributed by atoms with Gasteiger partial charge in [0, 0.05) is 37.1 Å². The minimum absolute atomic E-state index is 0.128. The summed E-state index contributed by atoms with van der Waals surface area (Å²) in [6.07, 6.45) is 1.88. The maximum atomic E-state index is 13.4. The third-order valence-electron chi connectivity index (χ3n) is 5.88. The number of halogens is 1. The quantitative estimate of drug-likeness (QED) is 0.565. The van der Waals surface area contributed by atoms with Crippen molar-refractivity contribution in [1.82, 2.24) is 14.9 Å². The number of aliphatic carboxylic acids is 1. The highest BCUT2D eigenvalue weighted by Gasteiger charge is 2.33. The Morgan fingerprint density at radius 3 is 2.63 bits per heavy atom. The van der Waals surface area contributed by atoms with Gasteiger partial charge < -0.3 is 19.7 Å². The molecule has 3 rings (SSSR count). The number of carboxylic acid groups (broad SMARTS) is 1. The van der Waals surface area contributed by atoms with E-state index in [1.807, 2.05) is 25.3 Å². The van der Waals surface area contributed by atoms with Gasteiger partial charge in [0.2, 0.25) is 0 Å². The molecule has 0 radical (unpaired) electrons. The van der Waals surface area contributed by atoms with Gasteiger partial charge in [-0.1, -0.05) is 17.7 Å². The molecule has 190 valence electrons. The van der Waals surface area contributed by atoms with Gasteiger partial charge in [-0.2, -0.15) is 0 Å². The van der Waals surface area contributed by atoms with Crippen molar-refractivity contribution in [2.75, 3.05) is 18.5 Å². The zero-order chi connectivity index (χ0) is 25.9. The van der Waals surface area contributed by atoms with Crippen LogP contribution in [0.25, 0.3) is 0 Å². The van der Waals surface area contributed by atoms with E-state index in [0.29, 0.717) is 23.6 Å². The SMILES string of the molecule is CC(OC(C)(C)C)C(CNC(=O)c1c(N(C)C(=O)c2cccc(Cl)c2)nc2n1CCCC2)C(=O)O. The zero-order valence-corrected chi connectivity index (χ0v) is 21.6. The number of ether oxygens (including phenoxy) is 1. The molecule has 1 aromatic heterocycles. The summed E-state index contributed by atoms with van der Waals surface area (Å²) in [7, 11) is 1.56. The van der Waals surface area contributed by atoms with E-state index >= 15 is 0 Å². The number of nitrogens with zero attached hydrogens (tertiary/aromatic N) is 3. The summed E-state index contributed by atoms with van der Waals surface area (Å²) < 4.78 is 7.63. The van der Waals surface area contributed by atoms with Crippen molar-refractivity contribution >= 4 is 35.2 Å². The smallest absolute Gasteiger partial charge is 0.310 e. The number of imidazole rings is 1. The lowest BCUT2D eigenvalue weighted by Crippen LogP contribution is -2.42. The van der Waals surface area contributed by atoms with Crippen LogP contribution in [-0.2, 0) is 22.5 Å². The number of carboxylic acids is 1. The molecular formula is C25H33ClN4O5. The maximum absolute atomic E-state index is 13.4. The molecule has 2 amide bonds. The first-order valence-electron chi connectivity index (χ1n) is 11.7. The molecule has 10 heteroatoms. The molecule has 1 aliphatic rings. The molecule has 0 bridgehead atoms. The average Bonchev–Trinajstić information content (AvgIpc) is 3.16. The Morgan fingerprint density at radius 1 is 1.29 bits per heavy atom. The summed E-state index contributed by atoms with van der Waals surface area (Å²) in [5, 5.41) is 12.9. The summed E-state index contributed by atoms with van der Waals surface area (Å²) in [5.74, 6) is -1.90. The lowest BCUT2D eigenvalue weighted by atomic mass is 10.0. The highest BCUT2D eigenvalue weighted by Crippen LogP contribution is 2.27. The van der Waals surface area contributed by atoms with E-state index in [2.05, 4.69) is 10.3 Å². The Labute approximate surface area is 210 Å². The van der Waals surface area contributed by atoms with E-state index in [4.69, 9.17) is 16.3 Å². The zero-order valence-electron chi connectivity index (χ0n) is 20.8. The predicted octanol–water partition coefficient (Wildman–Crippen LogP) is 3.78. The van der Waals surface area contributed by atoms with Crippen LogP contribution in [0.4, 0.5) is 5.82 Å². The van der Waals surface area contributed by atoms with Gasteiger partial charge in [-0.25, -0.2) is 4.98 Å². The fourth-order valence-electron chi connectivity index (χ4n) is 4.22. The second kappa shape index (κ2) is 10.8. The van der Waals surface area contributed by atoms with Gasteiger partial charge >= 0.3 is 5.97 Å².